The Labute approximate surface area is 138 Å². The van der Waals surface area contributed by atoms with E-state index < -0.39 is 11.2 Å². The first-order chi connectivity index (χ1) is 11.5. The minimum Gasteiger partial charge on any atom is -0.246 e. The quantitative estimate of drug-likeness (QED) is 0.788. The van der Waals surface area contributed by atoms with Gasteiger partial charge >= 0.3 is 11.4 Å². The van der Waals surface area contributed by atoms with E-state index in [-0.39, 0.29) is 5.69 Å². The summed E-state index contributed by atoms with van der Waals surface area (Å²) in [6.07, 6.45) is 0.622. The maximum Gasteiger partial charge on any atom is 0.352 e. The van der Waals surface area contributed by atoms with Gasteiger partial charge in [-0.3, -0.25) is 0 Å². The van der Waals surface area contributed by atoms with E-state index in [2.05, 4.69) is 11.7 Å². The Morgan fingerprint density at radius 2 is 1.71 bits per heavy atom. The molecule has 1 N–H and O–H groups in total. The van der Waals surface area contributed by atoms with Crippen LogP contribution in [-0.4, -0.2) is 14.3 Å². The third-order valence-corrected chi connectivity index (χ3v) is 4.83. The van der Waals surface area contributed by atoms with E-state index >= 15 is 0 Å². The van der Waals surface area contributed by atoms with Crippen LogP contribution in [0.15, 0.2) is 70.8 Å². The summed E-state index contributed by atoms with van der Waals surface area (Å²) >= 11 is 0. The van der Waals surface area contributed by atoms with Gasteiger partial charge in [-0.25, -0.2) is 23.9 Å². The van der Waals surface area contributed by atoms with Crippen molar-refractivity contribution < 1.29 is 0 Å². The molecule has 5 heteroatoms. The summed E-state index contributed by atoms with van der Waals surface area (Å²) in [5, 5.41) is 2.71. The van der Waals surface area contributed by atoms with Crippen molar-refractivity contribution in [2.24, 2.45) is 0 Å². The first kappa shape index (κ1) is 14.5. The number of rotatable bonds is 2. The van der Waals surface area contributed by atoms with Crippen LogP contribution in [0.1, 0.15) is 18.1 Å². The second-order valence-corrected chi connectivity index (χ2v) is 6.29. The lowest BCUT2D eigenvalue weighted by Crippen LogP contribution is -2.40. The van der Waals surface area contributed by atoms with Crippen molar-refractivity contribution in [1.82, 2.24) is 14.3 Å². The first-order valence-corrected chi connectivity index (χ1v) is 7.80. The van der Waals surface area contributed by atoms with Crippen LogP contribution >= 0.6 is 0 Å². The fourth-order valence-corrected chi connectivity index (χ4v) is 3.47. The maximum absolute atomic E-state index is 12.9. The zero-order valence-electron chi connectivity index (χ0n) is 13.3. The molecule has 5 nitrogen and oxygen atoms in total. The highest BCUT2D eigenvalue weighted by atomic mass is 16.2. The van der Waals surface area contributed by atoms with Gasteiger partial charge in [-0.05, 0) is 35.8 Å². The predicted molar refractivity (Wildman–Crippen MR) is 93.5 cm³/mol. The fourth-order valence-electron chi connectivity index (χ4n) is 3.47. The standard InChI is InChI=1S/C19H17N3O2/c1-13-16-11-7-6-8-14(16)12-19(13,2)22-18(24)21(17(23)20-22)15-9-4-3-5-10-15/h3-11H,1,12H2,2H3,(H,20,23)/t19-/m0/s1. The summed E-state index contributed by atoms with van der Waals surface area (Å²) in [6, 6.07) is 16.9. The van der Waals surface area contributed by atoms with Gasteiger partial charge in [0.2, 0.25) is 0 Å². The molecule has 0 saturated heterocycles. The van der Waals surface area contributed by atoms with Gasteiger partial charge in [0.15, 0.2) is 0 Å². The minimum absolute atomic E-state index is 0.386. The highest BCUT2D eigenvalue weighted by molar-refractivity contribution is 5.76. The van der Waals surface area contributed by atoms with Crippen LogP contribution < -0.4 is 11.4 Å². The number of para-hydroxylation sites is 1. The third kappa shape index (κ3) is 1.88. The number of allylic oxidation sites excluding steroid dienone is 1. The molecule has 120 valence electrons. The number of hydrogen-bond donors (Lipinski definition) is 1. The summed E-state index contributed by atoms with van der Waals surface area (Å²) in [7, 11) is 0. The molecule has 4 rings (SSSR count). The third-order valence-electron chi connectivity index (χ3n) is 4.83. The molecule has 0 amide bonds. The molecular formula is C19H17N3O2. The summed E-state index contributed by atoms with van der Waals surface area (Å²) in [5.41, 5.74) is 2.04. The zero-order chi connectivity index (χ0) is 16.9. The number of benzene rings is 2. The SMILES string of the molecule is C=C1c2ccccc2C[C@]1(C)n1[nH]c(=O)n(-c2ccccc2)c1=O. The van der Waals surface area contributed by atoms with E-state index in [1.54, 1.807) is 24.3 Å². The van der Waals surface area contributed by atoms with Crippen LogP contribution in [0, 0.1) is 0 Å². The number of aromatic nitrogens is 3. The number of H-pyrrole nitrogens is 1. The van der Waals surface area contributed by atoms with Gasteiger partial charge in [0.1, 0.15) is 0 Å². The van der Waals surface area contributed by atoms with E-state index in [4.69, 9.17) is 0 Å². The van der Waals surface area contributed by atoms with E-state index in [0.29, 0.717) is 12.1 Å². The molecule has 0 aliphatic heterocycles. The van der Waals surface area contributed by atoms with E-state index in [9.17, 15) is 9.59 Å². The van der Waals surface area contributed by atoms with Crippen molar-refractivity contribution in [3.05, 3.63) is 93.3 Å². The first-order valence-electron chi connectivity index (χ1n) is 7.80. The smallest absolute Gasteiger partial charge is 0.246 e. The van der Waals surface area contributed by atoms with Crippen LogP contribution in [0.2, 0.25) is 0 Å². The van der Waals surface area contributed by atoms with Gasteiger partial charge in [0.25, 0.3) is 0 Å². The molecule has 0 fully saturated rings. The normalized spacial score (nSPS) is 19.5. The second kappa shape index (κ2) is 4.96. The predicted octanol–water partition coefficient (Wildman–Crippen LogP) is 2.31. The molecule has 3 aromatic rings. The number of hydrogen-bond acceptors (Lipinski definition) is 2. The molecule has 0 bridgehead atoms. The van der Waals surface area contributed by atoms with E-state index in [1.165, 1.54) is 4.68 Å². The van der Waals surface area contributed by atoms with Gasteiger partial charge in [-0.2, -0.15) is 0 Å². The summed E-state index contributed by atoms with van der Waals surface area (Å²) in [5.74, 6) is 0. The average Bonchev–Trinajstić information content (AvgIpc) is 3.04. The Morgan fingerprint density at radius 3 is 2.42 bits per heavy atom. The Hall–Kier alpha value is -3.08. The van der Waals surface area contributed by atoms with Crippen molar-refractivity contribution in [2.75, 3.05) is 0 Å². The number of nitrogens with zero attached hydrogens (tertiary/aromatic N) is 2. The van der Waals surface area contributed by atoms with Crippen LogP contribution in [0.5, 0.6) is 0 Å². The highest BCUT2D eigenvalue weighted by Crippen LogP contribution is 2.42. The summed E-state index contributed by atoms with van der Waals surface area (Å²) < 4.78 is 2.56. The van der Waals surface area contributed by atoms with Crippen LogP contribution in [0.3, 0.4) is 0 Å². The molecular weight excluding hydrogens is 302 g/mol. The van der Waals surface area contributed by atoms with Gasteiger partial charge in [-0.1, -0.05) is 49.0 Å². The van der Waals surface area contributed by atoms with Crippen molar-refractivity contribution in [3.8, 4) is 5.69 Å². The molecule has 24 heavy (non-hydrogen) atoms. The van der Waals surface area contributed by atoms with Gasteiger partial charge in [0.05, 0.1) is 11.2 Å². The molecule has 2 aromatic carbocycles. The molecule has 1 heterocycles. The molecule has 1 atom stereocenters. The Morgan fingerprint density at radius 1 is 1.04 bits per heavy atom. The summed E-state index contributed by atoms with van der Waals surface area (Å²) in [4.78, 5) is 25.3. The molecule has 0 spiro atoms. The minimum atomic E-state index is -0.681. The monoisotopic (exact) mass is 319 g/mol. The molecule has 1 aliphatic carbocycles. The highest BCUT2D eigenvalue weighted by Gasteiger charge is 2.40. The second-order valence-electron chi connectivity index (χ2n) is 6.29. The van der Waals surface area contributed by atoms with E-state index in [1.807, 2.05) is 37.3 Å². The van der Waals surface area contributed by atoms with E-state index in [0.717, 1.165) is 21.3 Å². The lowest BCUT2D eigenvalue weighted by Gasteiger charge is -2.25. The maximum atomic E-state index is 12.9. The number of aromatic amines is 1. The largest absolute Gasteiger partial charge is 0.352 e. The topological polar surface area (TPSA) is 59.8 Å². The van der Waals surface area contributed by atoms with Crippen molar-refractivity contribution >= 4 is 5.57 Å². The molecule has 0 saturated carbocycles. The molecule has 0 unspecified atom stereocenters. The number of nitrogens with one attached hydrogen (secondary N) is 1. The van der Waals surface area contributed by atoms with Crippen LogP contribution in [0.25, 0.3) is 11.3 Å². The molecule has 1 aromatic heterocycles. The Kier molecular flexibility index (Phi) is 3.00. The Balaban J connectivity index is 1.90. The molecule has 1 aliphatic rings. The summed E-state index contributed by atoms with van der Waals surface area (Å²) in [6.45, 7) is 6.12. The lowest BCUT2D eigenvalue weighted by molar-refractivity contribution is 0.379. The lowest BCUT2D eigenvalue weighted by atomic mass is 9.94. The molecule has 0 radical (unpaired) electrons. The number of fused-ring (bicyclic) bond motifs is 1. The van der Waals surface area contributed by atoms with Crippen molar-refractivity contribution in [1.29, 1.82) is 0 Å². The van der Waals surface area contributed by atoms with Crippen molar-refractivity contribution in [3.63, 3.8) is 0 Å². The van der Waals surface area contributed by atoms with Crippen molar-refractivity contribution in [2.45, 2.75) is 18.9 Å². The average molecular weight is 319 g/mol. The van der Waals surface area contributed by atoms with Gasteiger partial charge in [-0.15, -0.1) is 0 Å². The fraction of sp³-hybridized carbons (Fsp3) is 0.158. The van der Waals surface area contributed by atoms with Crippen LogP contribution in [0.4, 0.5) is 0 Å². The zero-order valence-corrected chi connectivity index (χ0v) is 13.3. The van der Waals surface area contributed by atoms with Gasteiger partial charge < -0.3 is 0 Å². The van der Waals surface area contributed by atoms with Gasteiger partial charge in [0, 0.05) is 6.42 Å². The van der Waals surface area contributed by atoms with Crippen LogP contribution in [-0.2, 0) is 12.0 Å². The Bertz CT molecular complexity index is 1060.